The molecule has 1 heterocycles. The minimum absolute atomic E-state index is 0.0983. The van der Waals surface area contributed by atoms with Crippen LogP contribution in [0.15, 0.2) is 30.3 Å². The van der Waals surface area contributed by atoms with Crippen LogP contribution >= 0.6 is 11.8 Å². The predicted molar refractivity (Wildman–Crippen MR) is 76.0 cm³/mol. The third kappa shape index (κ3) is 4.95. The van der Waals surface area contributed by atoms with Crippen molar-refractivity contribution in [2.24, 2.45) is 0 Å². The van der Waals surface area contributed by atoms with Crippen molar-refractivity contribution in [3.63, 3.8) is 0 Å². The van der Waals surface area contributed by atoms with Crippen LogP contribution < -0.4 is 0 Å². The van der Waals surface area contributed by atoms with Crippen molar-refractivity contribution < 1.29 is 28.5 Å². The van der Waals surface area contributed by atoms with Crippen molar-refractivity contribution in [3.05, 3.63) is 35.9 Å². The molecule has 0 unspecified atom stereocenters. The third-order valence-corrected chi connectivity index (χ3v) is 3.66. The van der Waals surface area contributed by atoms with E-state index in [0.717, 1.165) is 0 Å². The fraction of sp³-hybridized carbons (Fsp3) is 0.429. The lowest BCUT2D eigenvalue weighted by Gasteiger charge is -2.13. The molecule has 7 heteroatoms. The molecule has 114 valence electrons. The van der Waals surface area contributed by atoms with Crippen LogP contribution in [-0.2, 0) is 18.9 Å². The number of carbonyl (C=O) groups excluding carboxylic acids is 2. The lowest BCUT2D eigenvalue weighted by molar-refractivity contribution is -0.113. The number of rotatable bonds is 5. The molecule has 1 aliphatic rings. The summed E-state index contributed by atoms with van der Waals surface area (Å²) >= 11 is 1.42. The molecule has 0 amide bonds. The van der Waals surface area contributed by atoms with E-state index in [9.17, 15) is 9.59 Å². The molecule has 0 bridgehead atoms. The molecule has 6 nitrogen and oxygen atoms in total. The molecule has 1 fully saturated rings. The van der Waals surface area contributed by atoms with Gasteiger partial charge in [-0.2, -0.15) is 0 Å². The quantitative estimate of drug-likeness (QED) is 0.773. The zero-order valence-corrected chi connectivity index (χ0v) is 12.3. The molecule has 1 saturated heterocycles. The van der Waals surface area contributed by atoms with E-state index in [1.54, 1.807) is 31.2 Å². The highest BCUT2D eigenvalue weighted by molar-refractivity contribution is 8.00. The summed E-state index contributed by atoms with van der Waals surface area (Å²) in [4.78, 5) is 22.9. The molecule has 0 N–H and O–H groups in total. The Kier molecular flexibility index (Phi) is 5.89. The Balaban J connectivity index is 1.71. The molecule has 2 rings (SSSR count). The van der Waals surface area contributed by atoms with Crippen molar-refractivity contribution in [1.29, 1.82) is 0 Å². The Labute approximate surface area is 126 Å². The monoisotopic (exact) mass is 312 g/mol. The first-order valence-electron chi connectivity index (χ1n) is 6.51. The van der Waals surface area contributed by atoms with E-state index in [1.165, 1.54) is 11.8 Å². The average molecular weight is 312 g/mol. The van der Waals surface area contributed by atoms with Crippen LogP contribution in [0.2, 0.25) is 0 Å². The maximum Gasteiger partial charge on any atom is 0.510 e. The molecule has 0 saturated carbocycles. The fourth-order valence-electron chi connectivity index (χ4n) is 1.64. The molecular weight excluding hydrogens is 296 g/mol. The molecular formula is C14H16O6S. The minimum atomic E-state index is -0.759. The SMILES string of the molecule is CCOC(=O)O[C@@H]1CS[C@@H](COC(=O)c2ccccc2)O1. The van der Waals surface area contributed by atoms with Gasteiger partial charge in [0.15, 0.2) is 0 Å². The molecule has 0 radical (unpaired) electrons. The molecule has 0 aliphatic carbocycles. The van der Waals surface area contributed by atoms with Crippen LogP contribution in [0.1, 0.15) is 17.3 Å². The van der Waals surface area contributed by atoms with Crippen molar-refractivity contribution >= 4 is 23.9 Å². The van der Waals surface area contributed by atoms with Gasteiger partial charge in [-0.15, -0.1) is 11.8 Å². The normalized spacial score (nSPS) is 20.8. The van der Waals surface area contributed by atoms with E-state index in [2.05, 4.69) is 4.74 Å². The number of esters is 1. The topological polar surface area (TPSA) is 71.1 Å². The first kappa shape index (κ1) is 15.7. The third-order valence-electron chi connectivity index (χ3n) is 2.57. The van der Waals surface area contributed by atoms with Crippen molar-refractivity contribution in [1.82, 2.24) is 0 Å². The number of hydrogen-bond acceptors (Lipinski definition) is 7. The van der Waals surface area contributed by atoms with Crippen LogP contribution in [0.25, 0.3) is 0 Å². The summed E-state index contributed by atoms with van der Waals surface area (Å²) in [6.45, 7) is 2.04. The predicted octanol–water partition coefficient (Wildman–Crippen LogP) is 2.43. The van der Waals surface area contributed by atoms with Gasteiger partial charge in [-0.1, -0.05) is 18.2 Å². The summed E-state index contributed by atoms with van der Waals surface area (Å²) in [5, 5.41) is 0. The van der Waals surface area contributed by atoms with Gasteiger partial charge in [0.25, 0.3) is 0 Å². The summed E-state index contributed by atoms with van der Waals surface area (Å²) in [5.74, 6) is 0.0707. The lowest BCUT2D eigenvalue weighted by Crippen LogP contribution is -2.23. The number of ether oxygens (including phenoxy) is 4. The van der Waals surface area contributed by atoms with Gasteiger partial charge >= 0.3 is 12.1 Å². The van der Waals surface area contributed by atoms with Crippen LogP contribution in [0.4, 0.5) is 4.79 Å². The molecule has 0 aromatic heterocycles. The lowest BCUT2D eigenvalue weighted by atomic mass is 10.2. The summed E-state index contributed by atoms with van der Waals surface area (Å²) < 4.78 is 20.2. The van der Waals surface area contributed by atoms with E-state index in [1.807, 2.05) is 6.07 Å². The molecule has 0 spiro atoms. The molecule has 1 aromatic carbocycles. The Hall–Kier alpha value is -1.73. The zero-order valence-electron chi connectivity index (χ0n) is 11.5. The number of carbonyl (C=O) groups is 2. The van der Waals surface area contributed by atoms with Gasteiger partial charge in [0.05, 0.1) is 17.9 Å². The fourth-order valence-corrected chi connectivity index (χ4v) is 2.53. The summed E-state index contributed by atoms with van der Waals surface area (Å²) in [6, 6.07) is 8.71. The van der Waals surface area contributed by atoms with Crippen LogP contribution in [0.3, 0.4) is 0 Å². The van der Waals surface area contributed by atoms with Gasteiger partial charge in [-0.05, 0) is 19.1 Å². The van der Waals surface area contributed by atoms with Crippen LogP contribution in [-0.4, -0.2) is 42.8 Å². The molecule has 1 aliphatic heterocycles. The van der Waals surface area contributed by atoms with Gasteiger partial charge in [0.2, 0.25) is 6.29 Å². The van der Waals surface area contributed by atoms with Crippen molar-refractivity contribution in [3.8, 4) is 0 Å². The van der Waals surface area contributed by atoms with Gasteiger partial charge in [0, 0.05) is 0 Å². The second-order valence-electron chi connectivity index (χ2n) is 4.09. The number of hydrogen-bond donors (Lipinski definition) is 0. The van der Waals surface area contributed by atoms with E-state index in [4.69, 9.17) is 14.2 Å². The smallest absolute Gasteiger partial charge is 0.458 e. The molecule has 21 heavy (non-hydrogen) atoms. The Bertz CT molecular complexity index is 478. The standard InChI is InChI=1S/C14H16O6S/c1-2-17-14(16)20-11-9-21-12(19-11)8-18-13(15)10-6-4-3-5-7-10/h3-7,11-12H,2,8-9H2,1H3/t11-,12+/m1/s1. The Morgan fingerprint density at radius 3 is 2.76 bits per heavy atom. The van der Waals surface area contributed by atoms with E-state index in [0.29, 0.717) is 11.3 Å². The van der Waals surface area contributed by atoms with E-state index in [-0.39, 0.29) is 18.6 Å². The first-order valence-corrected chi connectivity index (χ1v) is 7.56. The van der Waals surface area contributed by atoms with Crippen molar-refractivity contribution in [2.45, 2.75) is 18.6 Å². The van der Waals surface area contributed by atoms with Gasteiger partial charge in [-0.3, -0.25) is 0 Å². The number of thioether (sulfide) groups is 1. The van der Waals surface area contributed by atoms with Crippen LogP contribution in [0.5, 0.6) is 0 Å². The summed E-state index contributed by atoms with van der Waals surface area (Å²) in [5.41, 5.74) is 0.136. The summed E-state index contributed by atoms with van der Waals surface area (Å²) in [6.07, 6.45) is -1.43. The van der Waals surface area contributed by atoms with Gasteiger partial charge in [-0.25, -0.2) is 9.59 Å². The number of benzene rings is 1. The van der Waals surface area contributed by atoms with E-state index >= 15 is 0 Å². The zero-order chi connectivity index (χ0) is 15.1. The maximum absolute atomic E-state index is 11.8. The average Bonchev–Trinajstić information content (AvgIpc) is 2.93. The highest BCUT2D eigenvalue weighted by Crippen LogP contribution is 2.26. The van der Waals surface area contributed by atoms with Crippen LogP contribution in [0, 0.1) is 0 Å². The Morgan fingerprint density at radius 1 is 1.29 bits per heavy atom. The first-order chi connectivity index (χ1) is 10.2. The molecule has 1 aromatic rings. The highest BCUT2D eigenvalue weighted by atomic mass is 32.2. The highest BCUT2D eigenvalue weighted by Gasteiger charge is 2.30. The second-order valence-corrected chi connectivity index (χ2v) is 5.29. The summed E-state index contributed by atoms with van der Waals surface area (Å²) in [7, 11) is 0. The van der Waals surface area contributed by atoms with Gasteiger partial charge < -0.3 is 18.9 Å². The largest absolute Gasteiger partial charge is 0.510 e. The van der Waals surface area contributed by atoms with Gasteiger partial charge in [0.1, 0.15) is 12.0 Å². The van der Waals surface area contributed by atoms with Crippen molar-refractivity contribution in [2.75, 3.05) is 19.0 Å². The Morgan fingerprint density at radius 2 is 2.05 bits per heavy atom. The molecule has 2 atom stereocenters. The van der Waals surface area contributed by atoms with E-state index < -0.39 is 18.4 Å². The second kappa shape index (κ2) is 7.90. The minimum Gasteiger partial charge on any atom is -0.458 e. The maximum atomic E-state index is 11.8.